The molecule has 3 heterocycles. The molecule has 0 aliphatic carbocycles. The monoisotopic (exact) mass is 1490 g/mol. The minimum absolute atomic E-state index is 0. The molecule has 9 rings (SSSR count). The van der Waals surface area contributed by atoms with Gasteiger partial charge in [-0.2, -0.15) is 39.5 Å². The third kappa shape index (κ3) is 24.4. The Morgan fingerprint density at radius 3 is 1.09 bits per heavy atom. The molecule has 95 heavy (non-hydrogen) atoms. The van der Waals surface area contributed by atoms with Crippen LogP contribution in [0.25, 0.3) is 33.4 Å². The van der Waals surface area contributed by atoms with Gasteiger partial charge in [0.15, 0.2) is 5.82 Å². The Kier molecular flexibility index (Phi) is 17.5. The summed E-state index contributed by atoms with van der Waals surface area (Å²) in [5, 5.41) is 33.5. The van der Waals surface area contributed by atoms with Crippen LogP contribution in [0.3, 0.4) is 0 Å². The molecule has 9 aromatic rings. The lowest BCUT2D eigenvalue weighted by atomic mass is 10.0. The van der Waals surface area contributed by atoms with Gasteiger partial charge in [0.2, 0.25) is 0 Å². The first-order valence-corrected chi connectivity index (χ1v) is 29.0. The van der Waals surface area contributed by atoms with Crippen molar-refractivity contribution in [2.75, 3.05) is 48.5 Å². The van der Waals surface area contributed by atoms with Gasteiger partial charge in [0.25, 0.3) is 0 Å². The van der Waals surface area contributed by atoms with Gasteiger partial charge in [-0.25, -0.2) is 0 Å². The summed E-state index contributed by atoms with van der Waals surface area (Å²) >= 11 is 5.79. The molecule has 0 fully saturated rings. The van der Waals surface area contributed by atoms with E-state index < -0.39 is 35.2 Å². The number of hydrogen-bond donors (Lipinski definition) is 1. The number of alkyl halides is 10. The summed E-state index contributed by atoms with van der Waals surface area (Å²) in [5.41, 5.74) is 5.50. The number of nitrogens with zero attached hydrogens (tertiary/aromatic N) is 11. The van der Waals surface area contributed by atoms with E-state index in [9.17, 15) is 59.0 Å². The summed E-state index contributed by atoms with van der Waals surface area (Å²) in [5.74, 6) is 1.80. The fraction of sp³-hybridized carbons (Fsp3) is 0.318. The molecule has 0 spiro atoms. The average Bonchev–Trinajstić information content (AvgIpc) is 1.75. The predicted octanol–water partition coefficient (Wildman–Crippen LogP) is 21.1. The molecule has 0 aliphatic rings. The molecular weight excluding hydrogens is 1300 g/mol. The largest absolute Gasteiger partial charge is 0.469 e. The third-order valence-electron chi connectivity index (χ3n) is 13.9. The van der Waals surface area contributed by atoms with E-state index in [1.165, 1.54) is 57.7 Å². The number of ether oxygens (including phenoxy) is 3. The van der Waals surface area contributed by atoms with Gasteiger partial charge in [0.05, 0.1) is 89.7 Å². The number of hydrogen-bond acceptors (Lipinski definition) is 15. The minimum Gasteiger partial charge on any atom is -0.469 e. The maximum atomic E-state index is 12.8. The lowest BCUT2D eigenvalue weighted by Crippen LogP contribution is -2.28. The Morgan fingerprint density at radius 1 is 0.484 bits per heavy atom. The molecule has 1 N–H and O–H groups in total. The number of aliphatic hydroxyl groups is 1. The molecule has 0 radical (unpaired) electrons. The Bertz CT molecular complexity index is 3930. The zero-order valence-corrected chi connectivity index (χ0v) is 53.4. The van der Waals surface area contributed by atoms with E-state index in [0.717, 1.165) is 81.8 Å². The highest BCUT2D eigenvalue weighted by atomic mass is 35.5. The van der Waals surface area contributed by atoms with Crippen molar-refractivity contribution in [1.82, 2.24) is 54.1 Å². The summed E-state index contributed by atoms with van der Waals surface area (Å²) in [7, 11) is 7.59. The normalized spacial score (nSPS) is 13.6. The highest BCUT2D eigenvalue weighted by Gasteiger charge is 2.32. The zero-order valence-electron chi connectivity index (χ0n) is 110. The fourth-order valence-electron chi connectivity index (χ4n) is 8.85. The van der Waals surface area contributed by atoms with Crippen molar-refractivity contribution in [3.8, 4) is 33.4 Å². The fourth-order valence-corrected chi connectivity index (χ4v) is 9.05. The van der Waals surface area contributed by atoms with E-state index in [0.29, 0.717) is 73.6 Å². The number of carbonyl (C=O) groups excluding carboxylic acids is 3. The highest BCUT2D eigenvalue weighted by molar-refractivity contribution is 6.16. The Labute approximate surface area is 647 Å². The maximum Gasteiger partial charge on any atom is 0.416 e. The van der Waals surface area contributed by atoms with E-state index in [2.05, 4.69) is 44.8 Å². The summed E-state index contributed by atoms with van der Waals surface area (Å²) < 4.78 is 423. The third-order valence-corrected chi connectivity index (χ3v) is 14.1. The van der Waals surface area contributed by atoms with Crippen molar-refractivity contribution < 1.29 is 162 Å². The molecular formula is C66H134Cl2F9N11O7. The highest BCUT2D eigenvalue weighted by Crippen LogP contribution is 2.34. The lowest BCUT2D eigenvalue weighted by Gasteiger charge is -2.16. The maximum absolute atomic E-state index is 12.8. The molecule has 6 aromatic carbocycles. The number of halogens is 11. The first kappa shape index (κ1) is 44.6. The standard InChI is InChI=1S/C22H23F3N4O3.C21H21F3N4O2.C17H13ClF3N3.C5H10O2.CH4.ClH.31H2/c1-28(13-21(31)32-2)12-19-26-27-20(14-30)29(19)11-15-3-5-16(6-4-15)17-7-9-18(10-8-17)22(23,24)25;1-27(13-20(29)30-2)12-19-26-25-14-28(19)11-15-3-5-16(6-4-15)17-7-9-18(10-8-17)21(22,23)24;18-9-16-23-22-11-24(16)10-12-1-3-13(4-2-12)14-5-7-15(8-6-14)17(19,20)21;1-3-4-5(6)7-2;;;;;;;;;;;;;;;;;;;;;;;;;;;;;;;;;/h3-10,30H,11-14H2,1-2H3;3-10,14H,11-13H2,1-2H3;1-8,11H,9-10H2;3-4H2,1-2H3;1H4;32*1H/i;;;;;;29*1+1D;2*1+1. The second kappa shape index (κ2) is 37.2. The summed E-state index contributed by atoms with van der Waals surface area (Å²) in [4.78, 5) is 36.5. The van der Waals surface area contributed by atoms with Crippen molar-refractivity contribution in [1.29, 1.82) is 0 Å². The molecule has 3 aromatic heterocycles. The van der Waals surface area contributed by atoms with Crippen LogP contribution in [-0.2, 0) is 92.3 Å². The predicted molar refractivity (Wildman–Crippen MR) is 407 cm³/mol. The number of rotatable bonds is 21. The first-order chi connectivity index (χ1) is 73.2. The average molecular weight is 1500 g/mol. The molecule has 0 saturated heterocycles. The van der Waals surface area contributed by atoms with Crippen molar-refractivity contribution in [3.05, 3.63) is 215 Å². The van der Waals surface area contributed by atoms with Crippen LogP contribution >= 0.6 is 24.0 Å². The van der Waals surface area contributed by atoms with Gasteiger partial charge in [-0.05, 0) is 107 Å². The van der Waals surface area contributed by atoms with Gasteiger partial charge < -0.3 is 33.0 Å². The van der Waals surface area contributed by atoms with E-state index in [1.54, 1.807) is 41.1 Å². The summed E-state index contributed by atoms with van der Waals surface area (Å²) in [6.45, 7) is 4.13. The minimum atomic E-state index is -4.37. The van der Waals surface area contributed by atoms with Crippen LogP contribution in [-0.4, -0.2) is 126 Å². The van der Waals surface area contributed by atoms with E-state index >= 15 is 0 Å². The number of likely N-dealkylation sites (N-methyl/N-ethyl adjacent to an activating group) is 2. The van der Waals surface area contributed by atoms with Crippen molar-refractivity contribution in [3.63, 3.8) is 0 Å². The quantitative estimate of drug-likeness (QED) is 0.0308. The van der Waals surface area contributed by atoms with E-state index in [1.807, 2.05) is 88.9 Å². The zero-order chi connectivity index (χ0) is 126. The smallest absolute Gasteiger partial charge is 0.416 e. The molecule has 18 nitrogen and oxygen atoms in total. The molecule has 0 saturated carbocycles. The van der Waals surface area contributed by atoms with Gasteiger partial charge >= 0.3 is 36.4 Å². The molecule has 0 bridgehead atoms. The number of methoxy groups -OCH3 is 3. The van der Waals surface area contributed by atoms with Crippen LogP contribution in [0.1, 0.15) is 173 Å². The van der Waals surface area contributed by atoms with Crippen LogP contribution in [0.15, 0.2) is 158 Å². The Balaban J connectivity index is -0.0000000469. The summed E-state index contributed by atoms with van der Waals surface area (Å²) in [6.07, 6.45) is -8.39. The number of benzene rings is 6. The van der Waals surface area contributed by atoms with Gasteiger partial charge in [0, 0.05) is 95.4 Å². The van der Waals surface area contributed by atoms with Crippen LogP contribution < -0.4 is 0 Å². The van der Waals surface area contributed by atoms with Crippen LogP contribution in [0.2, 0.25) is 0 Å². The SMILES string of the molecule is C.CCCC(=O)OC.COC(=O)CN(C)Cc1nnc(CO)n1Cc1ccc(-c2ccc(C(F)(F)F)cc2)cc1.COC(=O)CN(C)Cc1nncn1Cc1ccc(-c2ccc(C(F)(F)F)cc2)cc1.Cl.FC(F)(F)c1ccc(-c2ccc(Cn3cnnc3CCl)cc2)cc1.[2HH].[2HH].[2H][2H].[2H][2H].[2H][2H].[2H][2H].[2H][2H].[2H][2H].[2H][2H].[2H][2H].[2H][2H].[2H][2H].[2H][2H].[2H][2H].[2H][2H].[2H][2H].[2H][2H].[2H][2H].[2H][2H].[2H][2H].[2H][2H].[2H][2H].[2H][2H].[2H][2H].[2H][2H].[2H][2H].[2H][2H].[2H][2H].[2H][2H].[2H][2H].[2H][2H]. The Hall–Kier alpha value is -9.02. The van der Waals surface area contributed by atoms with Crippen LogP contribution in [0, 0.1) is 0 Å². The van der Waals surface area contributed by atoms with Gasteiger partial charge in [-0.1, -0.05) is 124 Å². The number of aromatic nitrogens is 9. The second-order valence-electron chi connectivity index (χ2n) is 20.8. The van der Waals surface area contributed by atoms with E-state index in [-0.39, 0.29) is 66.2 Å². The van der Waals surface area contributed by atoms with Crippen molar-refractivity contribution in [2.45, 2.75) is 90.9 Å². The number of aliphatic hydroxyl groups excluding tert-OH is 1. The molecule has 0 atom stereocenters. The van der Waals surface area contributed by atoms with Gasteiger partial charge in [-0.15, -0.1) is 54.6 Å². The van der Waals surface area contributed by atoms with Gasteiger partial charge in [-0.3, -0.25) is 24.2 Å². The molecule has 0 unspecified atom stereocenters. The summed E-state index contributed by atoms with van der Waals surface area (Å²) in [6, 6.07) is 37.7. The molecule has 572 valence electrons. The van der Waals surface area contributed by atoms with E-state index in [4.69, 9.17) is 97.7 Å². The molecule has 0 aliphatic heterocycles. The number of esters is 3. The van der Waals surface area contributed by atoms with Crippen molar-refractivity contribution in [2.24, 2.45) is 0 Å². The van der Waals surface area contributed by atoms with Gasteiger partial charge in [0.1, 0.15) is 36.7 Å². The van der Waals surface area contributed by atoms with Crippen molar-refractivity contribution >= 4 is 41.9 Å². The number of carbonyl (C=O) groups is 3. The topological polar surface area (TPSA) is 198 Å². The first-order valence-electron chi connectivity index (χ1n) is 57.4. The lowest BCUT2D eigenvalue weighted by molar-refractivity contribution is -0.142. The Morgan fingerprint density at radius 2 is 0.789 bits per heavy atom. The van der Waals surface area contributed by atoms with Crippen LogP contribution in [0.4, 0.5) is 39.5 Å². The van der Waals surface area contributed by atoms with Crippen LogP contribution in [0.5, 0.6) is 0 Å². The second-order valence-corrected chi connectivity index (χ2v) is 21.1. The molecule has 0 amide bonds. The molecule has 29 heteroatoms.